The molecule has 0 atom stereocenters. The van der Waals surface area contributed by atoms with Gasteiger partial charge in [-0.2, -0.15) is 0 Å². The molecular weight excluding hydrogens is 617 g/mol. The first-order valence-electron chi connectivity index (χ1n) is 20.9. The van der Waals surface area contributed by atoms with E-state index in [-0.39, 0.29) is 45.7 Å². The van der Waals surface area contributed by atoms with Crippen molar-refractivity contribution in [1.82, 2.24) is 0 Å². The van der Waals surface area contributed by atoms with Crippen molar-refractivity contribution in [2.45, 2.75) is 0 Å². The van der Waals surface area contributed by atoms with Crippen LogP contribution in [0.2, 0.25) is 0 Å². The number of fused-ring (bicyclic) bond motifs is 8. The molecule has 10 aromatic carbocycles. The zero-order chi connectivity index (χ0) is 40.4. The minimum Gasteiger partial charge on any atom is -0.456 e. The zero-order valence-electron chi connectivity index (χ0n) is 35.1. The topological polar surface area (TPSA) is 13.1 Å². The lowest BCUT2D eigenvalue weighted by molar-refractivity contribution is 0.669. The molecule has 0 N–H and O–H groups in total. The Labute approximate surface area is 305 Å². The smallest absolute Gasteiger partial charge is 0.136 e. The minimum atomic E-state index is -0.438. The molecule has 0 amide bonds. The van der Waals surface area contributed by atoms with E-state index >= 15 is 0 Å². The van der Waals surface area contributed by atoms with Gasteiger partial charge in [-0.05, 0) is 112 Å². The molecule has 0 bridgehead atoms. The van der Waals surface area contributed by atoms with Crippen LogP contribution in [0.4, 0.5) is 0 Å². The fourth-order valence-corrected chi connectivity index (χ4v) is 8.01. The van der Waals surface area contributed by atoms with Crippen molar-refractivity contribution in [2.75, 3.05) is 0 Å². The molecule has 0 unspecified atom stereocenters. The molecule has 51 heavy (non-hydrogen) atoms. The van der Waals surface area contributed by atoms with Crippen LogP contribution in [0, 0.1) is 0 Å². The van der Waals surface area contributed by atoms with Crippen LogP contribution < -0.4 is 0 Å². The monoisotopic (exact) mass is 654 g/mol. The highest BCUT2D eigenvalue weighted by molar-refractivity contribution is 6.25. The largest absolute Gasteiger partial charge is 0.456 e. The highest BCUT2D eigenvalue weighted by atomic mass is 16.3. The van der Waals surface area contributed by atoms with Gasteiger partial charge in [-0.25, -0.2) is 0 Å². The molecule has 0 radical (unpaired) electrons. The highest BCUT2D eigenvalue weighted by Crippen LogP contribution is 2.47. The molecule has 236 valence electrons. The van der Waals surface area contributed by atoms with E-state index in [1.54, 1.807) is 6.07 Å². The first-order valence-corrected chi connectivity index (χ1v) is 16.9. The average molecular weight is 655 g/mol. The highest BCUT2D eigenvalue weighted by Gasteiger charge is 2.20. The van der Waals surface area contributed by atoms with Crippen LogP contribution in [0.25, 0.3) is 109 Å². The lowest BCUT2D eigenvalue weighted by Crippen LogP contribution is -1.92. The second kappa shape index (κ2) is 10.9. The maximum Gasteiger partial charge on any atom is 0.136 e. The van der Waals surface area contributed by atoms with Crippen LogP contribution in [-0.2, 0) is 0 Å². The Morgan fingerprint density at radius 3 is 1.59 bits per heavy atom. The fraction of sp³-hybridized carbons (Fsp3) is 0. The quantitative estimate of drug-likeness (QED) is 0.173. The summed E-state index contributed by atoms with van der Waals surface area (Å²) in [7, 11) is 0. The molecule has 11 rings (SSSR count). The maximum absolute atomic E-state index is 9.54. The summed E-state index contributed by atoms with van der Waals surface area (Å²) in [6.07, 6.45) is 0. The van der Waals surface area contributed by atoms with Crippen LogP contribution in [0.15, 0.2) is 186 Å². The number of hydrogen-bond acceptors (Lipinski definition) is 1. The lowest BCUT2D eigenvalue weighted by Gasteiger charge is -2.20. The van der Waals surface area contributed by atoms with Crippen molar-refractivity contribution in [2.24, 2.45) is 0 Å². The second-order valence-electron chi connectivity index (χ2n) is 13.0. The Hall–Kier alpha value is -6.70. The summed E-state index contributed by atoms with van der Waals surface area (Å²) < 4.78 is 80.2. The van der Waals surface area contributed by atoms with Gasteiger partial charge < -0.3 is 4.42 Å². The molecule has 1 aromatic heterocycles. The predicted octanol–water partition coefficient (Wildman–Crippen LogP) is 14.4. The van der Waals surface area contributed by atoms with Crippen molar-refractivity contribution in [1.29, 1.82) is 0 Å². The van der Waals surface area contributed by atoms with Crippen LogP contribution in [0.5, 0.6) is 0 Å². The summed E-state index contributed by atoms with van der Waals surface area (Å²) in [5, 5.41) is 8.19. The molecule has 0 aliphatic carbocycles. The molecule has 11 aromatic rings. The summed E-state index contributed by atoms with van der Waals surface area (Å²) in [5.41, 5.74) is 5.02. The first kappa shape index (κ1) is 21.4. The molecule has 0 spiro atoms. The molecule has 0 saturated carbocycles. The number of benzene rings is 10. The number of hydrogen-bond donors (Lipinski definition) is 0. The SMILES string of the molecule is [2H]c1c([2H])c([2H])c2c(-c3ccc(-c4cccc5ccccc45)c4ccccc34)c3c([2H])c([2H])c([2H])c([2H])c3c(-c3ccc4oc5cc6ccccc6cc5c4c3)c2c1[2H]. The van der Waals surface area contributed by atoms with E-state index in [2.05, 4.69) is 30.3 Å². The van der Waals surface area contributed by atoms with Gasteiger partial charge >= 0.3 is 0 Å². The predicted molar refractivity (Wildman–Crippen MR) is 218 cm³/mol. The van der Waals surface area contributed by atoms with Crippen LogP contribution in [0.3, 0.4) is 0 Å². The van der Waals surface area contributed by atoms with Crippen LogP contribution in [-0.4, -0.2) is 0 Å². The van der Waals surface area contributed by atoms with Crippen molar-refractivity contribution in [3.8, 4) is 33.4 Å². The Balaban J connectivity index is 1.31. The van der Waals surface area contributed by atoms with Crippen LogP contribution in [0.1, 0.15) is 11.0 Å². The molecule has 1 nitrogen and oxygen atoms in total. The summed E-state index contributed by atoms with van der Waals surface area (Å²) >= 11 is 0. The van der Waals surface area contributed by atoms with E-state index in [0.717, 1.165) is 54.2 Å². The Morgan fingerprint density at radius 2 is 0.863 bits per heavy atom. The molecule has 0 aliphatic rings. The second-order valence-corrected chi connectivity index (χ2v) is 13.0. The van der Waals surface area contributed by atoms with E-state index in [4.69, 9.17) is 9.90 Å². The van der Waals surface area contributed by atoms with E-state index < -0.39 is 24.2 Å². The third-order valence-corrected chi connectivity index (χ3v) is 10.3. The van der Waals surface area contributed by atoms with Crippen LogP contribution >= 0.6 is 0 Å². The van der Waals surface area contributed by atoms with Crippen molar-refractivity contribution >= 4 is 75.8 Å². The fourth-order valence-electron chi connectivity index (χ4n) is 8.01. The average Bonchev–Trinajstić information content (AvgIpc) is 3.62. The zero-order valence-corrected chi connectivity index (χ0v) is 27.1. The third-order valence-electron chi connectivity index (χ3n) is 10.3. The normalized spacial score (nSPS) is 14.1. The van der Waals surface area contributed by atoms with Gasteiger partial charge in [-0.3, -0.25) is 0 Å². The standard InChI is InChI=1S/C50H30O/c1-2-14-33-30-48-46(28-32(33)13-1)45-29-34(24-27-47(45)51-48)49-40-19-7-9-21-42(40)50(43-22-10-8-20-41(43)49)44-26-25-39(37-17-5-6-18-38(37)44)36-23-11-15-31-12-3-4-16-35(31)36/h1-30H/i7D,8D,9D,10D,19D,20D,21D,22D. The maximum atomic E-state index is 9.54. The minimum absolute atomic E-state index is 0.170. The van der Waals surface area contributed by atoms with Crippen molar-refractivity contribution in [3.63, 3.8) is 0 Å². The molecule has 0 aliphatic heterocycles. The molecule has 1 heteroatoms. The van der Waals surface area contributed by atoms with Gasteiger partial charge in [-0.1, -0.05) is 158 Å². The van der Waals surface area contributed by atoms with Gasteiger partial charge in [0, 0.05) is 10.8 Å². The van der Waals surface area contributed by atoms with Gasteiger partial charge in [0.25, 0.3) is 0 Å². The molecule has 0 fully saturated rings. The van der Waals surface area contributed by atoms with Gasteiger partial charge in [0.1, 0.15) is 11.2 Å². The summed E-state index contributed by atoms with van der Waals surface area (Å²) in [6.45, 7) is 0. The number of rotatable bonds is 3. The number of furan rings is 1. The van der Waals surface area contributed by atoms with Gasteiger partial charge in [0.05, 0.1) is 11.0 Å². The van der Waals surface area contributed by atoms with E-state index in [9.17, 15) is 5.48 Å². The molecule has 1 heterocycles. The lowest BCUT2D eigenvalue weighted by atomic mass is 9.83. The first-order chi connectivity index (χ1) is 28.6. The van der Waals surface area contributed by atoms with E-state index in [1.165, 1.54) is 0 Å². The Kier molecular flexibility index (Phi) is 4.57. The third kappa shape index (κ3) is 4.22. The van der Waals surface area contributed by atoms with Crippen molar-refractivity contribution < 1.29 is 15.4 Å². The van der Waals surface area contributed by atoms with E-state index in [1.807, 2.05) is 97.1 Å². The summed E-state index contributed by atoms with van der Waals surface area (Å²) in [6, 6.07) is 40.8. The van der Waals surface area contributed by atoms with Gasteiger partial charge in [0.2, 0.25) is 0 Å². The Morgan fingerprint density at radius 1 is 0.333 bits per heavy atom. The Bertz CT molecular complexity index is 3580. The summed E-state index contributed by atoms with van der Waals surface area (Å²) in [5.74, 6) is 0. The van der Waals surface area contributed by atoms with Gasteiger partial charge in [-0.15, -0.1) is 0 Å². The van der Waals surface area contributed by atoms with E-state index in [0.29, 0.717) is 33.4 Å². The van der Waals surface area contributed by atoms with Gasteiger partial charge in [0.15, 0.2) is 0 Å². The summed E-state index contributed by atoms with van der Waals surface area (Å²) in [4.78, 5) is 0. The molecular formula is C50H30O. The van der Waals surface area contributed by atoms with Crippen molar-refractivity contribution in [3.05, 3.63) is 182 Å². The molecule has 0 saturated heterocycles.